The molecule has 1 aromatic heterocycles. The molecule has 2 nitrogen and oxygen atoms in total. The minimum Gasteiger partial charge on any atom is -0.351 e. The first-order chi connectivity index (χ1) is 10.4. The number of hydrogen-bond donors (Lipinski definition) is 0. The van der Waals surface area contributed by atoms with Crippen LogP contribution in [0, 0.1) is 11.8 Å². The van der Waals surface area contributed by atoms with E-state index in [9.17, 15) is 0 Å². The predicted molar refractivity (Wildman–Crippen MR) is 92.3 cm³/mol. The number of aryl methyl sites for hydroxylation is 2. The molecule has 1 heterocycles. The summed E-state index contributed by atoms with van der Waals surface area (Å²) in [5.74, 6) is 0. The monoisotopic (exact) mass is 290 g/mol. The van der Waals surface area contributed by atoms with Gasteiger partial charge in [-0.05, 0) is 25.0 Å². The molecule has 0 aliphatic carbocycles. The van der Waals surface area contributed by atoms with E-state index >= 15 is 0 Å². The molecule has 21 heavy (non-hydrogen) atoms. The Bertz CT molecular complexity index is 338. The summed E-state index contributed by atoms with van der Waals surface area (Å²) in [4.78, 5) is 0. The lowest BCUT2D eigenvalue weighted by molar-refractivity contribution is 0.532. The molecule has 0 N–H and O–H groups in total. The number of rotatable bonds is 12. The van der Waals surface area contributed by atoms with Crippen LogP contribution in [-0.2, 0) is 13.0 Å². The van der Waals surface area contributed by atoms with Gasteiger partial charge in [0.1, 0.15) is 0 Å². The highest BCUT2D eigenvalue weighted by molar-refractivity contribution is 5.07. The molecule has 0 bridgehead atoms. The second-order valence-electron chi connectivity index (χ2n) is 5.77. The van der Waals surface area contributed by atoms with E-state index in [4.69, 9.17) is 5.26 Å². The molecular formula is C19H34N2. The highest BCUT2D eigenvalue weighted by atomic mass is 15.0. The summed E-state index contributed by atoms with van der Waals surface area (Å²) in [7, 11) is 0. The number of aromatic nitrogens is 1. The van der Waals surface area contributed by atoms with Gasteiger partial charge in [-0.15, -0.1) is 0 Å². The zero-order valence-electron chi connectivity index (χ0n) is 14.2. The third-order valence-corrected chi connectivity index (χ3v) is 3.93. The summed E-state index contributed by atoms with van der Waals surface area (Å²) in [6, 6.07) is 4.47. The van der Waals surface area contributed by atoms with Gasteiger partial charge < -0.3 is 4.57 Å². The van der Waals surface area contributed by atoms with Crippen LogP contribution in [0.2, 0.25) is 0 Å². The second-order valence-corrected chi connectivity index (χ2v) is 5.77. The molecule has 0 saturated heterocycles. The van der Waals surface area contributed by atoms with E-state index in [1.54, 1.807) is 0 Å². The fourth-order valence-corrected chi connectivity index (χ4v) is 2.74. The molecule has 0 radical (unpaired) electrons. The van der Waals surface area contributed by atoms with Gasteiger partial charge in [-0.3, -0.25) is 0 Å². The summed E-state index contributed by atoms with van der Waals surface area (Å²) in [6.45, 7) is 9.27. The van der Waals surface area contributed by atoms with Crippen LogP contribution in [0.1, 0.15) is 83.7 Å². The molecule has 0 amide bonds. The van der Waals surface area contributed by atoms with Crippen LogP contribution in [0.3, 0.4) is 0 Å². The summed E-state index contributed by atoms with van der Waals surface area (Å²) in [5.41, 5.74) is 1.52. The summed E-state index contributed by atoms with van der Waals surface area (Å²) >= 11 is 0. The lowest BCUT2D eigenvalue weighted by atomic mass is 10.1. The quantitative estimate of drug-likeness (QED) is 0.427. The second kappa shape index (κ2) is 15.2. The van der Waals surface area contributed by atoms with Crippen molar-refractivity contribution < 1.29 is 0 Å². The summed E-state index contributed by atoms with van der Waals surface area (Å²) < 4.78 is 2.45. The highest BCUT2D eigenvalue weighted by Gasteiger charge is 1.99. The van der Waals surface area contributed by atoms with E-state index < -0.39 is 0 Å². The normalized spacial score (nSPS) is 10.1. The number of nitrogens with zero attached hydrogens (tertiary/aromatic N) is 2. The topological polar surface area (TPSA) is 28.7 Å². The lowest BCUT2D eigenvalue weighted by Crippen LogP contribution is -2.01. The summed E-state index contributed by atoms with van der Waals surface area (Å²) in [5, 5.41) is 6.50. The first-order valence-electron chi connectivity index (χ1n) is 8.78. The summed E-state index contributed by atoms with van der Waals surface area (Å²) in [6.07, 6.45) is 17.5. The highest BCUT2D eigenvalue weighted by Crippen LogP contribution is 2.11. The van der Waals surface area contributed by atoms with Gasteiger partial charge in [0.25, 0.3) is 0 Å². The van der Waals surface area contributed by atoms with E-state index in [2.05, 4.69) is 43.3 Å². The molecule has 0 saturated carbocycles. The molecular weight excluding hydrogens is 256 g/mol. The van der Waals surface area contributed by atoms with E-state index in [0.29, 0.717) is 0 Å². The fraction of sp³-hybridized carbons (Fsp3) is 0.737. The molecule has 2 heteroatoms. The Morgan fingerprint density at radius 1 is 0.857 bits per heavy atom. The number of unbranched alkanes of at least 4 members (excludes halogenated alkanes) is 8. The van der Waals surface area contributed by atoms with E-state index in [0.717, 1.165) is 0 Å². The maximum absolute atomic E-state index is 6.50. The SMILES string of the molecule is C#N.CCCCCCCCCCCn1cccc1CCC. The molecule has 0 fully saturated rings. The van der Waals surface area contributed by atoms with Crippen LogP contribution >= 0.6 is 0 Å². The molecule has 0 aliphatic heterocycles. The maximum Gasteiger partial charge on any atom is 0.0462 e. The van der Waals surface area contributed by atoms with Crippen molar-refractivity contribution in [3.05, 3.63) is 24.0 Å². The molecule has 120 valence electrons. The van der Waals surface area contributed by atoms with Crippen molar-refractivity contribution in [3.8, 4) is 6.57 Å². The van der Waals surface area contributed by atoms with E-state index in [1.165, 1.54) is 82.9 Å². The van der Waals surface area contributed by atoms with Gasteiger partial charge in [0.2, 0.25) is 0 Å². The molecule has 1 aromatic rings. The first kappa shape index (κ1) is 19.8. The lowest BCUT2D eigenvalue weighted by Gasteiger charge is -2.08. The van der Waals surface area contributed by atoms with Gasteiger partial charge in [-0.1, -0.05) is 71.6 Å². The van der Waals surface area contributed by atoms with Gasteiger partial charge >= 0.3 is 0 Å². The van der Waals surface area contributed by atoms with Crippen LogP contribution in [0.15, 0.2) is 18.3 Å². The third kappa shape index (κ3) is 10.2. The van der Waals surface area contributed by atoms with Crippen molar-refractivity contribution in [2.45, 2.75) is 91.0 Å². The molecule has 0 spiro atoms. The van der Waals surface area contributed by atoms with Crippen molar-refractivity contribution in [1.29, 1.82) is 5.26 Å². The fourth-order valence-electron chi connectivity index (χ4n) is 2.74. The van der Waals surface area contributed by atoms with Crippen molar-refractivity contribution in [3.63, 3.8) is 0 Å². The Morgan fingerprint density at radius 3 is 2.00 bits per heavy atom. The Morgan fingerprint density at radius 2 is 1.43 bits per heavy atom. The zero-order chi connectivity index (χ0) is 15.8. The van der Waals surface area contributed by atoms with Gasteiger partial charge in [0.05, 0.1) is 0 Å². The van der Waals surface area contributed by atoms with E-state index in [1.807, 2.05) is 0 Å². The minimum absolute atomic E-state index is 1.22. The number of nitriles is 1. The smallest absolute Gasteiger partial charge is 0.0462 e. The molecule has 0 atom stereocenters. The third-order valence-electron chi connectivity index (χ3n) is 3.93. The van der Waals surface area contributed by atoms with Crippen molar-refractivity contribution in [2.24, 2.45) is 0 Å². The van der Waals surface area contributed by atoms with Crippen molar-refractivity contribution in [2.75, 3.05) is 0 Å². The number of hydrogen-bond acceptors (Lipinski definition) is 1. The first-order valence-corrected chi connectivity index (χ1v) is 8.78. The standard InChI is InChI=1S/C18H33N.CHN/c1-3-5-6-7-8-9-10-11-12-16-19-17-13-15-18(19)14-4-2;1-2/h13,15,17H,3-12,14,16H2,1-2H3;1H. The van der Waals surface area contributed by atoms with Crippen LogP contribution < -0.4 is 0 Å². The van der Waals surface area contributed by atoms with Crippen molar-refractivity contribution in [1.82, 2.24) is 4.57 Å². The Balaban J connectivity index is 0.00000191. The molecule has 0 aromatic carbocycles. The van der Waals surface area contributed by atoms with Crippen LogP contribution in [-0.4, -0.2) is 4.57 Å². The van der Waals surface area contributed by atoms with Crippen LogP contribution in [0.5, 0.6) is 0 Å². The van der Waals surface area contributed by atoms with Gasteiger partial charge in [-0.2, -0.15) is 0 Å². The predicted octanol–water partition coefficient (Wildman–Crippen LogP) is 6.11. The molecule has 1 rings (SSSR count). The van der Waals surface area contributed by atoms with Gasteiger partial charge in [-0.25, -0.2) is 5.26 Å². The minimum atomic E-state index is 1.22. The Hall–Kier alpha value is -1.23. The largest absolute Gasteiger partial charge is 0.351 e. The maximum atomic E-state index is 6.50. The molecule has 0 aliphatic rings. The van der Waals surface area contributed by atoms with Crippen LogP contribution in [0.4, 0.5) is 0 Å². The molecule has 0 unspecified atom stereocenters. The Kier molecular flexibility index (Phi) is 14.3. The average molecular weight is 290 g/mol. The van der Waals surface area contributed by atoms with Gasteiger partial charge in [0, 0.05) is 25.0 Å². The van der Waals surface area contributed by atoms with Crippen LogP contribution in [0.25, 0.3) is 0 Å². The average Bonchev–Trinajstić information content (AvgIpc) is 2.95. The van der Waals surface area contributed by atoms with Crippen molar-refractivity contribution >= 4 is 0 Å². The van der Waals surface area contributed by atoms with Gasteiger partial charge in [0.15, 0.2) is 0 Å². The zero-order valence-corrected chi connectivity index (χ0v) is 14.2. The Labute approximate surface area is 132 Å². The van der Waals surface area contributed by atoms with E-state index in [-0.39, 0.29) is 0 Å².